The summed E-state index contributed by atoms with van der Waals surface area (Å²) in [5, 5.41) is 0.534. The molecule has 3 rings (SSSR count). The third-order valence-corrected chi connectivity index (χ3v) is 3.62. The average Bonchev–Trinajstić information content (AvgIpc) is 2.80. The molecule has 21 heavy (non-hydrogen) atoms. The number of fused-ring (bicyclic) bond motifs is 1. The molecule has 0 saturated heterocycles. The van der Waals surface area contributed by atoms with Gasteiger partial charge >= 0.3 is 0 Å². The van der Waals surface area contributed by atoms with Crippen LogP contribution in [-0.2, 0) is 0 Å². The maximum atomic E-state index is 13.7. The molecular formula is C15H7BrF3NO. The first-order valence-electron chi connectivity index (χ1n) is 5.93. The van der Waals surface area contributed by atoms with Crippen LogP contribution in [0.3, 0.4) is 0 Å². The zero-order chi connectivity index (χ0) is 15.1. The number of aromatic nitrogens is 1. The molecule has 0 bridgehead atoms. The van der Waals surface area contributed by atoms with E-state index in [9.17, 15) is 18.0 Å². The van der Waals surface area contributed by atoms with Gasteiger partial charge in [-0.3, -0.25) is 4.79 Å². The first-order valence-corrected chi connectivity index (χ1v) is 6.72. The second-order valence-electron chi connectivity index (χ2n) is 4.47. The highest BCUT2D eigenvalue weighted by atomic mass is 79.9. The summed E-state index contributed by atoms with van der Waals surface area (Å²) < 4.78 is 41.1. The van der Waals surface area contributed by atoms with Crippen molar-refractivity contribution in [2.45, 2.75) is 0 Å². The summed E-state index contributed by atoms with van der Waals surface area (Å²) in [4.78, 5) is 15.2. The first-order chi connectivity index (χ1) is 9.97. The summed E-state index contributed by atoms with van der Waals surface area (Å²) in [6.45, 7) is 0. The van der Waals surface area contributed by atoms with Gasteiger partial charge in [0.05, 0.1) is 5.56 Å². The van der Waals surface area contributed by atoms with E-state index < -0.39 is 28.8 Å². The van der Waals surface area contributed by atoms with Crippen molar-refractivity contribution in [3.8, 4) is 0 Å². The van der Waals surface area contributed by atoms with E-state index >= 15 is 0 Å². The van der Waals surface area contributed by atoms with Crippen molar-refractivity contribution in [1.29, 1.82) is 0 Å². The molecule has 6 heteroatoms. The number of carbonyl (C=O) groups excluding carboxylic acids is 1. The summed E-state index contributed by atoms with van der Waals surface area (Å²) in [6.07, 6.45) is 1.38. The average molecular weight is 354 g/mol. The van der Waals surface area contributed by atoms with Crippen LogP contribution in [0.1, 0.15) is 15.9 Å². The number of aromatic amines is 1. The van der Waals surface area contributed by atoms with Crippen molar-refractivity contribution in [2.75, 3.05) is 0 Å². The summed E-state index contributed by atoms with van der Waals surface area (Å²) in [6, 6.07) is 6.08. The molecule has 0 radical (unpaired) electrons. The van der Waals surface area contributed by atoms with Gasteiger partial charge in [0, 0.05) is 39.3 Å². The highest BCUT2D eigenvalue weighted by Crippen LogP contribution is 2.26. The molecule has 1 heterocycles. The smallest absolute Gasteiger partial charge is 0.201 e. The number of rotatable bonds is 2. The molecule has 1 aromatic heterocycles. The van der Waals surface area contributed by atoms with Crippen LogP contribution >= 0.6 is 15.9 Å². The van der Waals surface area contributed by atoms with Gasteiger partial charge in [-0.05, 0) is 12.1 Å². The third-order valence-electron chi connectivity index (χ3n) is 3.12. The van der Waals surface area contributed by atoms with Crippen LogP contribution in [0.2, 0.25) is 0 Å². The second kappa shape index (κ2) is 5.04. The number of halogens is 4. The number of nitrogens with one attached hydrogen (secondary N) is 1. The summed E-state index contributed by atoms with van der Waals surface area (Å²) in [5.41, 5.74) is 0.0118. The Balaban J connectivity index is 2.18. The maximum Gasteiger partial charge on any atom is 0.201 e. The predicted octanol–water partition coefficient (Wildman–Crippen LogP) is 4.58. The van der Waals surface area contributed by atoms with E-state index in [1.165, 1.54) is 6.20 Å². The Morgan fingerprint density at radius 1 is 1.05 bits per heavy atom. The highest BCUT2D eigenvalue weighted by molar-refractivity contribution is 9.10. The van der Waals surface area contributed by atoms with E-state index in [0.29, 0.717) is 23.0 Å². The van der Waals surface area contributed by atoms with Crippen LogP contribution < -0.4 is 0 Å². The van der Waals surface area contributed by atoms with Crippen molar-refractivity contribution in [3.05, 3.63) is 69.6 Å². The number of H-pyrrole nitrogens is 1. The van der Waals surface area contributed by atoms with Crippen LogP contribution in [0.25, 0.3) is 10.9 Å². The Labute approximate surface area is 125 Å². The summed E-state index contributed by atoms with van der Waals surface area (Å²) >= 11 is 3.29. The van der Waals surface area contributed by atoms with Crippen molar-refractivity contribution in [1.82, 2.24) is 4.98 Å². The minimum absolute atomic E-state index is 0.127. The zero-order valence-electron chi connectivity index (χ0n) is 10.4. The fraction of sp³-hybridized carbons (Fsp3) is 0. The number of hydrogen-bond acceptors (Lipinski definition) is 1. The van der Waals surface area contributed by atoms with Crippen molar-refractivity contribution >= 4 is 32.6 Å². The minimum atomic E-state index is -1.22. The van der Waals surface area contributed by atoms with Crippen molar-refractivity contribution < 1.29 is 18.0 Å². The van der Waals surface area contributed by atoms with Crippen molar-refractivity contribution in [3.63, 3.8) is 0 Å². The Hall–Kier alpha value is -2.08. The molecule has 0 atom stereocenters. The van der Waals surface area contributed by atoms with Crippen molar-refractivity contribution in [2.24, 2.45) is 0 Å². The van der Waals surface area contributed by atoms with Gasteiger partial charge in [0.2, 0.25) is 5.78 Å². The number of hydrogen-bond donors (Lipinski definition) is 1. The van der Waals surface area contributed by atoms with Crippen LogP contribution in [-0.4, -0.2) is 10.8 Å². The van der Waals surface area contributed by atoms with Crippen LogP contribution in [0.4, 0.5) is 13.2 Å². The fourth-order valence-corrected chi connectivity index (χ4v) is 2.54. The Bertz CT molecular complexity index is 849. The Morgan fingerprint density at radius 3 is 2.38 bits per heavy atom. The Kier molecular flexibility index (Phi) is 3.33. The second-order valence-corrected chi connectivity index (χ2v) is 5.38. The maximum absolute atomic E-state index is 13.7. The molecule has 0 amide bonds. The number of carbonyl (C=O) groups is 1. The monoisotopic (exact) mass is 353 g/mol. The Morgan fingerprint density at radius 2 is 1.71 bits per heavy atom. The lowest BCUT2D eigenvalue weighted by molar-refractivity contribution is 0.103. The summed E-state index contributed by atoms with van der Waals surface area (Å²) in [7, 11) is 0. The lowest BCUT2D eigenvalue weighted by atomic mass is 10.0. The van der Waals surface area contributed by atoms with Gasteiger partial charge < -0.3 is 4.98 Å². The van der Waals surface area contributed by atoms with Gasteiger partial charge in [0.25, 0.3) is 0 Å². The molecular weight excluding hydrogens is 347 g/mol. The molecule has 0 aliphatic heterocycles. The quantitative estimate of drug-likeness (QED) is 0.672. The first kappa shape index (κ1) is 13.9. The number of benzene rings is 2. The minimum Gasteiger partial charge on any atom is -0.360 e. The molecule has 106 valence electrons. The fourth-order valence-electron chi connectivity index (χ4n) is 2.18. The molecule has 0 unspecified atom stereocenters. The SMILES string of the molecule is O=C(c1c(F)cc(F)cc1F)c1c[nH]c2cc(Br)ccc12. The standard InChI is InChI=1S/C15H7BrF3NO/c16-7-1-2-9-10(6-20-13(9)3-7)15(21)14-11(18)4-8(17)5-12(14)19/h1-6,20H. The van der Waals surface area contributed by atoms with Gasteiger partial charge in [-0.1, -0.05) is 22.0 Å². The van der Waals surface area contributed by atoms with E-state index in [4.69, 9.17) is 0 Å². The topological polar surface area (TPSA) is 32.9 Å². The van der Waals surface area contributed by atoms with Crippen LogP contribution in [0.15, 0.2) is 41.0 Å². The van der Waals surface area contributed by atoms with E-state index in [0.717, 1.165) is 4.47 Å². The normalized spacial score (nSPS) is 11.0. The van der Waals surface area contributed by atoms with Crippen LogP contribution in [0.5, 0.6) is 0 Å². The van der Waals surface area contributed by atoms with Gasteiger partial charge in [-0.2, -0.15) is 0 Å². The third kappa shape index (κ3) is 2.35. The predicted molar refractivity (Wildman–Crippen MR) is 75.7 cm³/mol. The lowest BCUT2D eigenvalue weighted by Crippen LogP contribution is -2.07. The molecule has 1 N–H and O–H groups in total. The molecule has 0 fully saturated rings. The largest absolute Gasteiger partial charge is 0.360 e. The highest BCUT2D eigenvalue weighted by Gasteiger charge is 2.22. The van der Waals surface area contributed by atoms with Gasteiger partial charge in [0.1, 0.15) is 17.5 Å². The van der Waals surface area contributed by atoms with E-state index in [1.807, 2.05) is 0 Å². The molecule has 0 aliphatic carbocycles. The molecule has 0 aliphatic rings. The summed E-state index contributed by atoms with van der Waals surface area (Å²) in [5.74, 6) is -4.34. The van der Waals surface area contributed by atoms with Gasteiger partial charge in [0.15, 0.2) is 0 Å². The van der Waals surface area contributed by atoms with E-state index in [-0.39, 0.29) is 5.56 Å². The molecule has 2 aromatic carbocycles. The van der Waals surface area contributed by atoms with Gasteiger partial charge in [-0.25, -0.2) is 13.2 Å². The number of ketones is 1. The van der Waals surface area contributed by atoms with E-state index in [2.05, 4.69) is 20.9 Å². The molecule has 2 nitrogen and oxygen atoms in total. The van der Waals surface area contributed by atoms with E-state index in [1.54, 1.807) is 18.2 Å². The molecule has 0 saturated carbocycles. The zero-order valence-corrected chi connectivity index (χ0v) is 12.0. The lowest BCUT2D eigenvalue weighted by Gasteiger charge is -2.04. The molecule has 0 spiro atoms. The van der Waals surface area contributed by atoms with Crippen LogP contribution in [0, 0.1) is 17.5 Å². The van der Waals surface area contributed by atoms with Gasteiger partial charge in [-0.15, -0.1) is 0 Å². The molecule has 3 aromatic rings.